The highest BCUT2D eigenvalue weighted by atomic mass is 35.5. The molecule has 7 nitrogen and oxygen atoms in total. The van der Waals surface area contributed by atoms with Crippen LogP contribution in [0, 0.1) is 0 Å². The lowest BCUT2D eigenvalue weighted by molar-refractivity contribution is -0.0592. The highest BCUT2D eigenvalue weighted by Gasteiger charge is 2.25. The average Bonchev–Trinajstić information content (AvgIpc) is 3.24. The van der Waals surface area contributed by atoms with Crippen molar-refractivity contribution in [2.75, 3.05) is 13.2 Å². The first kappa shape index (κ1) is 27.8. The number of ether oxygens (including phenoxy) is 3. The van der Waals surface area contributed by atoms with Crippen molar-refractivity contribution in [3.8, 4) is 5.75 Å². The van der Waals surface area contributed by atoms with E-state index in [-0.39, 0.29) is 12.1 Å². The fourth-order valence-electron chi connectivity index (χ4n) is 5.39. The molecule has 6 rings (SSSR count). The van der Waals surface area contributed by atoms with Crippen molar-refractivity contribution in [1.82, 2.24) is 14.5 Å². The lowest BCUT2D eigenvalue weighted by Gasteiger charge is -2.30. The van der Waals surface area contributed by atoms with Gasteiger partial charge in [0.05, 0.1) is 35.8 Å². The van der Waals surface area contributed by atoms with Gasteiger partial charge in [0.15, 0.2) is 0 Å². The first-order chi connectivity index (χ1) is 19.7. The molecule has 1 fully saturated rings. The van der Waals surface area contributed by atoms with Crippen molar-refractivity contribution in [1.29, 1.82) is 0 Å². The predicted octanol–water partition coefficient (Wildman–Crippen LogP) is 6.57. The molecule has 0 amide bonds. The van der Waals surface area contributed by atoms with Gasteiger partial charge in [-0.3, -0.25) is 4.90 Å². The summed E-state index contributed by atoms with van der Waals surface area (Å²) in [5.41, 5.74) is 5.38. The molecule has 41 heavy (non-hydrogen) atoms. The Morgan fingerprint density at radius 2 is 1.93 bits per heavy atom. The Balaban J connectivity index is 1.21. The number of hydrogen-bond acceptors (Lipinski definition) is 6. The maximum Gasteiger partial charge on any atom is 0.338 e. The minimum Gasteiger partial charge on any atom is -0.489 e. The number of imidazole rings is 1. The third kappa shape index (κ3) is 6.43. The van der Waals surface area contributed by atoms with Gasteiger partial charge in [-0.2, -0.15) is 0 Å². The van der Waals surface area contributed by atoms with Crippen LogP contribution in [0.2, 0.25) is 5.02 Å². The van der Waals surface area contributed by atoms with Crippen molar-refractivity contribution in [2.45, 2.75) is 71.6 Å². The van der Waals surface area contributed by atoms with Crippen LogP contribution in [0.25, 0.3) is 11.0 Å². The fraction of sp³-hybridized carbons (Fsp3) is 0.394. The molecule has 0 spiro atoms. The van der Waals surface area contributed by atoms with Gasteiger partial charge in [0, 0.05) is 30.3 Å². The second kappa shape index (κ2) is 11.5. The summed E-state index contributed by atoms with van der Waals surface area (Å²) in [6, 6.07) is 19.8. The number of benzene rings is 3. The highest BCUT2D eigenvalue weighted by Crippen LogP contribution is 2.28. The molecule has 2 aliphatic rings. The van der Waals surface area contributed by atoms with Crippen LogP contribution in [0.15, 0.2) is 60.7 Å². The zero-order chi connectivity index (χ0) is 28.6. The summed E-state index contributed by atoms with van der Waals surface area (Å²) in [6.07, 6.45) is 2.16. The van der Waals surface area contributed by atoms with Crippen LogP contribution in [-0.2, 0) is 42.1 Å². The van der Waals surface area contributed by atoms with Crippen LogP contribution >= 0.6 is 11.6 Å². The molecular formula is C33H36ClN3O4. The van der Waals surface area contributed by atoms with Gasteiger partial charge in [0.1, 0.15) is 23.8 Å². The number of halogens is 1. The maximum absolute atomic E-state index is 12.8. The van der Waals surface area contributed by atoms with Crippen LogP contribution < -0.4 is 4.74 Å². The predicted molar refractivity (Wildman–Crippen MR) is 159 cm³/mol. The number of fused-ring (bicyclic) bond motifs is 2. The number of hydrogen-bond donors (Lipinski definition) is 0. The third-order valence-corrected chi connectivity index (χ3v) is 8.00. The molecule has 1 aromatic heterocycles. The summed E-state index contributed by atoms with van der Waals surface area (Å²) >= 11 is 6.31. The van der Waals surface area contributed by atoms with Gasteiger partial charge in [-0.05, 0) is 81.1 Å². The molecule has 214 valence electrons. The van der Waals surface area contributed by atoms with Crippen LogP contribution in [0.3, 0.4) is 0 Å². The van der Waals surface area contributed by atoms with E-state index in [0.29, 0.717) is 30.3 Å². The molecule has 3 aromatic carbocycles. The number of nitrogens with zero attached hydrogens (tertiary/aromatic N) is 3. The molecule has 0 saturated carbocycles. The Bertz CT molecular complexity index is 1570. The normalized spacial score (nSPS) is 17.2. The first-order valence-electron chi connectivity index (χ1n) is 14.3. The Kier molecular flexibility index (Phi) is 7.77. The molecule has 2 aliphatic heterocycles. The van der Waals surface area contributed by atoms with Crippen molar-refractivity contribution in [2.24, 2.45) is 0 Å². The van der Waals surface area contributed by atoms with E-state index in [2.05, 4.69) is 21.6 Å². The molecule has 0 unspecified atom stereocenters. The van der Waals surface area contributed by atoms with E-state index in [9.17, 15) is 4.79 Å². The van der Waals surface area contributed by atoms with E-state index in [1.807, 2.05) is 63.2 Å². The van der Waals surface area contributed by atoms with Gasteiger partial charge in [0.25, 0.3) is 0 Å². The van der Waals surface area contributed by atoms with Gasteiger partial charge >= 0.3 is 5.97 Å². The lowest BCUT2D eigenvalue weighted by atomic mass is 9.99. The van der Waals surface area contributed by atoms with Crippen LogP contribution in [0.1, 0.15) is 60.1 Å². The molecule has 0 radical (unpaired) electrons. The van der Waals surface area contributed by atoms with Crippen LogP contribution in [-0.4, -0.2) is 45.3 Å². The Labute approximate surface area is 246 Å². The maximum atomic E-state index is 12.8. The summed E-state index contributed by atoms with van der Waals surface area (Å²) in [4.78, 5) is 20.3. The summed E-state index contributed by atoms with van der Waals surface area (Å²) in [5, 5.41) is 0.713. The second-order valence-corrected chi connectivity index (χ2v) is 12.3. The van der Waals surface area contributed by atoms with Crippen LogP contribution in [0.4, 0.5) is 0 Å². The number of carbonyl (C=O) groups is 1. The quantitative estimate of drug-likeness (QED) is 0.222. The minimum absolute atomic E-state index is 0.163. The number of carbonyl (C=O) groups excluding carboxylic acids is 1. The number of rotatable bonds is 8. The molecular weight excluding hydrogens is 538 g/mol. The van der Waals surface area contributed by atoms with Gasteiger partial charge < -0.3 is 18.8 Å². The minimum atomic E-state index is -0.554. The first-order valence-corrected chi connectivity index (χ1v) is 14.6. The van der Waals surface area contributed by atoms with E-state index in [1.165, 1.54) is 11.1 Å². The molecule has 3 heterocycles. The monoisotopic (exact) mass is 573 g/mol. The molecule has 1 atom stereocenters. The van der Waals surface area contributed by atoms with Crippen molar-refractivity contribution < 1.29 is 19.0 Å². The molecule has 0 aliphatic carbocycles. The molecule has 0 N–H and O–H groups in total. The zero-order valence-corrected chi connectivity index (χ0v) is 24.6. The van der Waals surface area contributed by atoms with E-state index in [0.717, 1.165) is 60.7 Å². The smallest absolute Gasteiger partial charge is 0.338 e. The summed E-state index contributed by atoms with van der Waals surface area (Å²) < 4.78 is 19.7. The topological polar surface area (TPSA) is 65.8 Å². The molecule has 8 heteroatoms. The van der Waals surface area contributed by atoms with Gasteiger partial charge in [0.2, 0.25) is 0 Å². The molecule has 0 bridgehead atoms. The van der Waals surface area contributed by atoms with E-state index >= 15 is 0 Å². The Morgan fingerprint density at radius 3 is 2.68 bits per heavy atom. The van der Waals surface area contributed by atoms with Gasteiger partial charge in [-0.25, -0.2) is 9.78 Å². The van der Waals surface area contributed by atoms with Gasteiger partial charge in [-0.1, -0.05) is 35.9 Å². The summed E-state index contributed by atoms with van der Waals surface area (Å²) in [6.45, 7) is 10.0. The number of esters is 1. The SMILES string of the molecule is CC(C)(C)OC(=O)c1ccc2nc(CN3CCc4ccc(OCc5ccccc5Cl)cc4C3)n(C[C@@H]3CCO3)c2c1. The third-order valence-electron chi connectivity index (χ3n) is 7.63. The standard InChI is InChI=1S/C33H36ClN3O4/c1-33(2,3)41-32(38)23-9-11-29-30(17-23)37(19-27-13-15-39-27)31(35-29)20-36-14-12-22-8-10-26(16-25(22)18-36)40-21-24-6-4-5-7-28(24)34/h4-11,16-17,27H,12-15,18-21H2,1-3H3/t27-/m0/s1. The zero-order valence-electron chi connectivity index (χ0n) is 23.9. The second-order valence-electron chi connectivity index (χ2n) is 11.9. The van der Waals surface area contributed by atoms with E-state index < -0.39 is 5.60 Å². The van der Waals surface area contributed by atoms with Crippen molar-refractivity contribution >= 4 is 28.6 Å². The lowest BCUT2D eigenvalue weighted by Crippen LogP contribution is -2.34. The average molecular weight is 574 g/mol. The largest absolute Gasteiger partial charge is 0.489 e. The summed E-state index contributed by atoms with van der Waals surface area (Å²) in [7, 11) is 0. The van der Waals surface area contributed by atoms with Crippen LogP contribution in [0.5, 0.6) is 5.75 Å². The van der Waals surface area contributed by atoms with Crippen molar-refractivity contribution in [3.63, 3.8) is 0 Å². The molecule has 1 saturated heterocycles. The van der Waals surface area contributed by atoms with E-state index in [4.69, 9.17) is 30.8 Å². The van der Waals surface area contributed by atoms with Crippen molar-refractivity contribution in [3.05, 3.63) is 93.8 Å². The Hall–Kier alpha value is -3.39. The highest BCUT2D eigenvalue weighted by molar-refractivity contribution is 6.31. The fourth-order valence-corrected chi connectivity index (χ4v) is 5.58. The summed E-state index contributed by atoms with van der Waals surface area (Å²) in [5.74, 6) is 1.50. The van der Waals surface area contributed by atoms with E-state index in [1.54, 1.807) is 6.07 Å². The van der Waals surface area contributed by atoms with Gasteiger partial charge in [-0.15, -0.1) is 0 Å². The molecule has 4 aromatic rings. The number of aromatic nitrogens is 2. The Morgan fingerprint density at radius 1 is 1.10 bits per heavy atom.